The summed E-state index contributed by atoms with van der Waals surface area (Å²) in [5.41, 5.74) is 1.08. The van der Waals surface area contributed by atoms with Gasteiger partial charge in [-0.1, -0.05) is 17.7 Å². The molecule has 0 fully saturated rings. The molecule has 1 amide bonds. The molecule has 0 aliphatic heterocycles. The lowest BCUT2D eigenvalue weighted by Gasteiger charge is -2.06. The van der Waals surface area contributed by atoms with Crippen LogP contribution >= 0.6 is 11.6 Å². The van der Waals surface area contributed by atoms with Crippen molar-refractivity contribution in [1.29, 1.82) is 0 Å². The maximum atomic E-state index is 12.0. The Morgan fingerprint density at radius 1 is 1.35 bits per heavy atom. The molecule has 6 nitrogen and oxygen atoms in total. The Morgan fingerprint density at radius 3 is 2.75 bits per heavy atom. The van der Waals surface area contributed by atoms with Crippen molar-refractivity contribution in [1.82, 2.24) is 4.98 Å². The number of aromatic nitrogens is 1. The summed E-state index contributed by atoms with van der Waals surface area (Å²) >= 11 is 5.71. The number of nitrogens with zero attached hydrogens (tertiary/aromatic N) is 2. The first-order valence-corrected chi connectivity index (χ1v) is 6.03. The predicted molar refractivity (Wildman–Crippen MR) is 75.0 cm³/mol. The van der Waals surface area contributed by atoms with Gasteiger partial charge in [-0.05, 0) is 25.1 Å². The van der Waals surface area contributed by atoms with Crippen LogP contribution in [0.15, 0.2) is 36.5 Å². The zero-order chi connectivity index (χ0) is 14.7. The van der Waals surface area contributed by atoms with E-state index in [1.165, 1.54) is 30.5 Å². The molecule has 1 N–H and O–H groups in total. The number of hydrogen-bond acceptors (Lipinski definition) is 4. The van der Waals surface area contributed by atoms with Crippen molar-refractivity contribution < 1.29 is 9.72 Å². The Labute approximate surface area is 119 Å². The molecular formula is C13H10ClN3O3. The molecule has 2 rings (SSSR count). The second-order valence-corrected chi connectivity index (χ2v) is 4.47. The monoisotopic (exact) mass is 291 g/mol. The van der Waals surface area contributed by atoms with Crippen LogP contribution in [-0.2, 0) is 0 Å². The van der Waals surface area contributed by atoms with Crippen LogP contribution in [0.5, 0.6) is 0 Å². The van der Waals surface area contributed by atoms with Gasteiger partial charge < -0.3 is 5.32 Å². The van der Waals surface area contributed by atoms with Crippen LogP contribution in [0.3, 0.4) is 0 Å². The van der Waals surface area contributed by atoms with Crippen molar-refractivity contribution in [3.05, 3.63) is 62.9 Å². The van der Waals surface area contributed by atoms with Gasteiger partial charge in [0.1, 0.15) is 5.15 Å². The Kier molecular flexibility index (Phi) is 3.95. The molecule has 0 unspecified atom stereocenters. The smallest absolute Gasteiger partial charge is 0.273 e. The van der Waals surface area contributed by atoms with Crippen molar-refractivity contribution in [3.63, 3.8) is 0 Å². The molecule has 1 aromatic heterocycles. The first kappa shape index (κ1) is 14.0. The van der Waals surface area contributed by atoms with Crippen molar-refractivity contribution >= 4 is 28.9 Å². The Bertz CT molecular complexity index is 688. The highest BCUT2D eigenvalue weighted by Crippen LogP contribution is 2.20. The van der Waals surface area contributed by atoms with Gasteiger partial charge in [0.2, 0.25) is 0 Å². The van der Waals surface area contributed by atoms with Crippen LogP contribution in [0, 0.1) is 17.0 Å². The largest absolute Gasteiger partial charge is 0.322 e. The number of halogens is 1. The molecule has 2 aromatic rings. The number of benzene rings is 1. The van der Waals surface area contributed by atoms with Crippen molar-refractivity contribution in [3.8, 4) is 0 Å². The molecule has 7 heteroatoms. The predicted octanol–water partition coefficient (Wildman–Crippen LogP) is 3.20. The molecule has 0 spiro atoms. The topological polar surface area (TPSA) is 85.1 Å². The highest BCUT2D eigenvalue weighted by Gasteiger charge is 2.15. The molecule has 0 saturated heterocycles. The van der Waals surface area contributed by atoms with Crippen LogP contribution in [-0.4, -0.2) is 15.8 Å². The number of nitrogens with one attached hydrogen (secondary N) is 1. The zero-order valence-electron chi connectivity index (χ0n) is 10.5. The van der Waals surface area contributed by atoms with Gasteiger partial charge in [0.05, 0.1) is 4.92 Å². The minimum atomic E-state index is -0.518. The fourth-order valence-corrected chi connectivity index (χ4v) is 1.80. The number of carbonyl (C=O) groups excluding carboxylic acids is 1. The Hall–Kier alpha value is -2.47. The van der Waals surface area contributed by atoms with Crippen molar-refractivity contribution in [2.24, 2.45) is 0 Å². The minimum absolute atomic E-state index is 0.0922. The number of nitro groups is 1. The quantitative estimate of drug-likeness (QED) is 0.534. The summed E-state index contributed by atoms with van der Waals surface area (Å²) in [7, 11) is 0. The number of anilines is 1. The highest BCUT2D eigenvalue weighted by atomic mass is 35.5. The third-order valence-corrected chi connectivity index (χ3v) is 2.86. The highest BCUT2D eigenvalue weighted by molar-refractivity contribution is 6.29. The molecule has 0 saturated carbocycles. The van der Waals surface area contributed by atoms with E-state index in [1.807, 2.05) is 0 Å². The number of pyridine rings is 1. The van der Waals surface area contributed by atoms with E-state index in [4.69, 9.17) is 11.6 Å². The molecule has 0 bridgehead atoms. The molecule has 0 radical (unpaired) electrons. The van der Waals surface area contributed by atoms with E-state index in [0.717, 1.165) is 0 Å². The summed E-state index contributed by atoms with van der Waals surface area (Å²) in [5, 5.41) is 13.7. The number of aryl methyl sites for hydroxylation is 1. The van der Waals surface area contributed by atoms with Crippen LogP contribution < -0.4 is 5.32 Å². The van der Waals surface area contributed by atoms with E-state index < -0.39 is 10.8 Å². The summed E-state index contributed by atoms with van der Waals surface area (Å²) in [6.07, 6.45) is 1.45. The first-order valence-electron chi connectivity index (χ1n) is 5.65. The summed E-state index contributed by atoms with van der Waals surface area (Å²) in [4.78, 5) is 26.1. The van der Waals surface area contributed by atoms with Crippen LogP contribution in [0.1, 0.15) is 15.9 Å². The molecular weight excluding hydrogens is 282 g/mol. The third-order valence-electron chi connectivity index (χ3n) is 2.65. The molecule has 1 heterocycles. The third kappa shape index (κ3) is 3.10. The van der Waals surface area contributed by atoms with Crippen LogP contribution in [0.25, 0.3) is 0 Å². The average Bonchev–Trinajstić information content (AvgIpc) is 2.38. The van der Waals surface area contributed by atoms with Gasteiger partial charge in [0.25, 0.3) is 11.6 Å². The van der Waals surface area contributed by atoms with Crippen LogP contribution in [0.4, 0.5) is 11.4 Å². The van der Waals surface area contributed by atoms with E-state index in [-0.39, 0.29) is 16.4 Å². The summed E-state index contributed by atoms with van der Waals surface area (Å²) < 4.78 is 0. The maximum Gasteiger partial charge on any atom is 0.273 e. The lowest BCUT2D eigenvalue weighted by atomic mass is 10.1. The lowest BCUT2D eigenvalue weighted by Crippen LogP contribution is -2.12. The molecule has 0 aliphatic rings. The summed E-state index contributed by atoms with van der Waals surface area (Å²) in [5.74, 6) is -0.449. The molecule has 102 valence electrons. The number of rotatable bonds is 3. The van der Waals surface area contributed by atoms with Crippen molar-refractivity contribution in [2.75, 3.05) is 5.32 Å². The normalized spacial score (nSPS) is 10.1. The standard InChI is InChI=1S/C13H10ClN3O3/c1-8-2-3-9(6-11(8)17(19)20)13(18)16-10-4-5-15-12(14)7-10/h2-7H,1H3,(H,15,16,18). The van der Waals surface area contributed by atoms with Crippen molar-refractivity contribution in [2.45, 2.75) is 6.92 Å². The van der Waals surface area contributed by atoms with Gasteiger partial charge in [0.15, 0.2) is 0 Å². The fourth-order valence-electron chi connectivity index (χ4n) is 1.63. The maximum absolute atomic E-state index is 12.0. The zero-order valence-corrected chi connectivity index (χ0v) is 11.2. The molecule has 0 atom stereocenters. The number of carbonyl (C=O) groups is 1. The second-order valence-electron chi connectivity index (χ2n) is 4.08. The summed E-state index contributed by atoms with van der Waals surface area (Å²) in [6, 6.07) is 7.37. The van der Waals surface area contributed by atoms with Gasteiger partial charge in [-0.3, -0.25) is 14.9 Å². The lowest BCUT2D eigenvalue weighted by molar-refractivity contribution is -0.385. The average molecular weight is 292 g/mol. The fraction of sp³-hybridized carbons (Fsp3) is 0.0769. The molecule has 0 aliphatic carbocycles. The first-order chi connectivity index (χ1) is 9.47. The summed E-state index contributed by atoms with van der Waals surface area (Å²) in [6.45, 7) is 1.61. The minimum Gasteiger partial charge on any atom is -0.322 e. The van der Waals surface area contributed by atoms with E-state index in [0.29, 0.717) is 11.3 Å². The molecule has 20 heavy (non-hydrogen) atoms. The molecule has 1 aromatic carbocycles. The number of hydrogen-bond donors (Lipinski definition) is 1. The Balaban J connectivity index is 2.26. The second kappa shape index (κ2) is 5.66. The van der Waals surface area contributed by atoms with Gasteiger partial charge in [-0.25, -0.2) is 4.98 Å². The number of amides is 1. The number of nitro benzene ring substituents is 1. The van der Waals surface area contributed by atoms with Gasteiger partial charge >= 0.3 is 0 Å². The SMILES string of the molecule is Cc1ccc(C(=O)Nc2ccnc(Cl)c2)cc1[N+](=O)[O-]. The van der Waals surface area contributed by atoms with Gasteiger partial charge in [0, 0.05) is 29.1 Å². The Morgan fingerprint density at radius 2 is 2.10 bits per heavy atom. The van der Waals surface area contributed by atoms with Crippen LogP contribution in [0.2, 0.25) is 5.15 Å². The van der Waals surface area contributed by atoms with Gasteiger partial charge in [-0.2, -0.15) is 0 Å². The van der Waals surface area contributed by atoms with E-state index >= 15 is 0 Å². The van der Waals surface area contributed by atoms with Gasteiger partial charge in [-0.15, -0.1) is 0 Å². The van der Waals surface area contributed by atoms with E-state index in [9.17, 15) is 14.9 Å². The van der Waals surface area contributed by atoms with E-state index in [2.05, 4.69) is 10.3 Å². The van der Waals surface area contributed by atoms with E-state index in [1.54, 1.807) is 13.0 Å².